The Morgan fingerprint density at radius 1 is 1.46 bits per heavy atom. The van der Waals surface area contributed by atoms with Crippen molar-refractivity contribution in [1.29, 1.82) is 0 Å². The van der Waals surface area contributed by atoms with Gasteiger partial charge in [-0.05, 0) is 22.0 Å². The molecule has 0 atom stereocenters. The van der Waals surface area contributed by atoms with Crippen molar-refractivity contribution in [2.45, 2.75) is 4.90 Å². The Labute approximate surface area is 82.4 Å². The van der Waals surface area contributed by atoms with Crippen LogP contribution in [0.2, 0.25) is 0 Å². The molecule has 0 saturated carbocycles. The zero-order valence-electron chi connectivity index (χ0n) is 6.16. The zero-order chi connectivity index (χ0) is 10.2. The van der Waals surface area contributed by atoms with Gasteiger partial charge in [0.1, 0.15) is 16.5 Å². The minimum absolute atomic E-state index is 0.0747. The van der Waals surface area contributed by atoms with Gasteiger partial charge in [-0.2, -0.15) is 0 Å². The lowest BCUT2D eigenvalue weighted by atomic mass is 10.3. The SMILES string of the molecule is NS(=O)(=O)c1cc(Br)c(F)cc1O. The first kappa shape index (κ1) is 10.4. The van der Waals surface area contributed by atoms with Crippen LogP contribution < -0.4 is 5.14 Å². The summed E-state index contributed by atoms with van der Waals surface area (Å²) in [5, 5.41) is 13.8. The van der Waals surface area contributed by atoms with Crippen LogP contribution in [-0.4, -0.2) is 13.5 Å². The molecule has 7 heteroatoms. The van der Waals surface area contributed by atoms with Crippen molar-refractivity contribution < 1.29 is 17.9 Å². The van der Waals surface area contributed by atoms with E-state index in [9.17, 15) is 12.8 Å². The van der Waals surface area contributed by atoms with Crippen molar-refractivity contribution >= 4 is 26.0 Å². The van der Waals surface area contributed by atoms with Crippen LogP contribution in [0.4, 0.5) is 4.39 Å². The summed E-state index contributed by atoms with van der Waals surface area (Å²) >= 11 is 2.77. The fourth-order valence-corrected chi connectivity index (χ4v) is 1.87. The Kier molecular flexibility index (Phi) is 2.60. The number of aromatic hydroxyl groups is 1. The number of rotatable bonds is 1. The largest absolute Gasteiger partial charge is 0.506 e. The number of halogens is 2. The summed E-state index contributed by atoms with van der Waals surface area (Å²) in [6, 6.07) is 1.57. The number of nitrogens with two attached hydrogens (primary N) is 1. The number of hydrogen-bond donors (Lipinski definition) is 2. The van der Waals surface area contributed by atoms with Gasteiger partial charge in [0.05, 0.1) is 4.47 Å². The van der Waals surface area contributed by atoms with E-state index in [4.69, 9.17) is 10.2 Å². The predicted octanol–water partition coefficient (Wildman–Crippen LogP) is 0.941. The molecule has 1 aromatic carbocycles. The van der Waals surface area contributed by atoms with Crippen molar-refractivity contribution in [2.24, 2.45) is 5.14 Å². The average Bonchev–Trinajstić information content (AvgIpc) is 1.94. The van der Waals surface area contributed by atoms with E-state index in [1.54, 1.807) is 0 Å². The first-order valence-electron chi connectivity index (χ1n) is 3.03. The summed E-state index contributed by atoms with van der Waals surface area (Å²) in [7, 11) is -4.02. The monoisotopic (exact) mass is 269 g/mol. The highest BCUT2D eigenvalue weighted by Crippen LogP contribution is 2.27. The van der Waals surface area contributed by atoms with E-state index in [0.717, 1.165) is 6.07 Å². The average molecular weight is 270 g/mol. The lowest BCUT2D eigenvalue weighted by Crippen LogP contribution is -2.12. The topological polar surface area (TPSA) is 80.4 Å². The molecule has 0 radical (unpaired) electrons. The van der Waals surface area contributed by atoms with Crippen LogP contribution in [0.5, 0.6) is 5.75 Å². The quantitative estimate of drug-likeness (QED) is 0.796. The van der Waals surface area contributed by atoms with Gasteiger partial charge in [-0.25, -0.2) is 17.9 Å². The molecular weight excluding hydrogens is 265 g/mol. The van der Waals surface area contributed by atoms with Crippen molar-refractivity contribution in [3.8, 4) is 5.75 Å². The number of phenols is 1. The molecule has 0 aliphatic heterocycles. The second-order valence-electron chi connectivity index (χ2n) is 2.28. The molecule has 4 nitrogen and oxygen atoms in total. The van der Waals surface area contributed by atoms with Crippen LogP contribution in [0, 0.1) is 5.82 Å². The summed E-state index contributed by atoms with van der Waals surface area (Å²) in [6.45, 7) is 0. The first-order valence-corrected chi connectivity index (χ1v) is 5.37. The highest BCUT2D eigenvalue weighted by atomic mass is 79.9. The van der Waals surface area contributed by atoms with Gasteiger partial charge in [0, 0.05) is 6.07 Å². The Morgan fingerprint density at radius 2 is 2.00 bits per heavy atom. The summed E-state index contributed by atoms with van der Waals surface area (Å²) in [6.07, 6.45) is 0. The smallest absolute Gasteiger partial charge is 0.241 e. The van der Waals surface area contributed by atoms with E-state index in [0.29, 0.717) is 6.07 Å². The van der Waals surface area contributed by atoms with E-state index >= 15 is 0 Å². The third-order valence-electron chi connectivity index (χ3n) is 1.31. The number of hydrogen-bond acceptors (Lipinski definition) is 3. The molecule has 1 rings (SSSR count). The third-order valence-corrected chi connectivity index (χ3v) is 2.86. The molecule has 0 aromatic heterocycles. The van der Waals surface area contributed by atoms with E-state index in [1.165, 1.54) is 0 Å². The molecule has 0 aliphatic rings. The first-order chi connectivity index (χ1) is 5.82. The molecule has 0 bridgehead atoms. The van der Waals surface area contributed by atoms with Gasteiger partial charge in [-0.15, -0.1) is 0 Å². The molecule has 0 fully saturated rings. The number of phenolic OH excluding ortho intramolecular Hbond substituents is 1. The molecule has 1 aromatic rings. The second kappa shape index (κ2) is 3.24. The van der Waals surface area contributed by atoms with Gasteiger partial charge in [-0.1, -0.05) is 0 Å². The van der Waals surface area contributed by atoms with Gasteiger partial charge in [-0.3, -0.25) is 0 Å². The minimum atomic E-state index is -4.02. The van der Waals surface area contributed by atoms with Crippen LogP contribution in [0.25, 0.3) is 0 Å². The maximum atomic E-state index is 12.7. The van der Waals surface area contributed by atoms with Gasteiger partial charge in [0.15, 0.2) is 0 Å². The number of sulfonamides is 1. The van der Waals surface area contributed by atoms with Gasteiger partial charge in [0.2, 0.25) is 10.0 Å². The summed E-state index contributed by atoms with van der Waals surface area (Å²) in [4.78, 5) is -0.513. The van der Waals surface area contributed by atoms with E-state index < -0.39 is 26.5 Å². The zero-order valence-corrected chi connectivity index (χ0v) is 8.56. The van der Waals surface area contributed by atoms with Crippen LogP contribution in [0.3, 0.4) is 0 Å². The summed E-state index contributed by atoms with van der Waals surface area (Å²) in [5.41, 5.74) is 0. The highest BCUT2D eigenvalue weighted by Gasteiger charge is 2.16. The van der Waals surface area contributed by atoms with Crippen LogP contribution in [0.1, 0.15) is 0 Å². The fourth-order valence-electron chi connectivity index (χ4n) is 0.746. The lowest BCUT2D eigenvalue weighted by Gasteiger charge is -2.02. The molecular formula is C6H5BrFNO3S. The molecule has 0 heterocycles. The van der Waals surface area contributed by atoms with Crippen molar-refractivity contribution in [2.75, 3.05) is 0 Å². The van der Waals surface area contributed by atoms with Crippen molar-refractivity contribution in [3.63, 3.8) is 0 Å². The standard InChI is InChI=1S/C6H5BrFNO3S/c7-3-1-6(13(9,11)12)5(10)2-4(3)8/h1-2,10H,(H2,9,11,12). The normalized spacial score (nSPS) is 11.6. The van der Waals surface area contributed by atoms with Gasteiger partial charge >= 0.3 is 0 Å². The lowest BCUT2D eigenvalue weighted by molar-refractivity contribution is 0.452. The van der Waals surface area contributed by atoms with E-state index in [-0.39, 0.29) is 4.47 Å². The Balaban J connectivity index is 3.50. The number of primary sulfonamides is 1. The maximum absolute atomic E-state index is 12.7. The van der Waals surface area contributed by atoms with Crippen molar-refractivity contribution in [3.05, 3.63) is 22.4 Å². The maximum Gasteiger partial charge on any atom is 0.241 e. The Morgan fingerprint density at radius 3 is 2.46 bits per heavy atom. The number of benzene rings is 1. The molecule has 0 unspecified atom stereocenters. The highest BCUT2D eigenvalue weighted by molar-refractivity contribution is 9.10. The summed E-state index contributed by atoms with van der Waals surface area (Å²) in [5.74, 6) is -1.46. The van der Waals surface area contributed by atoms with E-state index in [2.05, 4.69) is 15.9 Å². The Hall–Kier alpha value is -0.660. The molecule has 0 saturated heterocycles. The van der Waals surface area contributed by atoms with Crippen LogP contribution in [0.15, 0.2) is 21.5 Å². The second-order valence-corrected chi connectivity index (χ2v) is 4.66. The molecule has 3 N–H and O–H groups in total. The van der Waals surface area contributed by atoms with Gasteiger partial charge in [0.25, 0.3) is 0 Å². The van der Waals surface area contributed by atoms with Gasteiger partial charge < -0.3 is 5.11 Å². The minimum Gasteiger partial charge on any atom is -0.506 e. The molecule has 0 amide bonds. The molecule has 72 valence electrons. The predicted molar refractivity (Wildman–Crippen MR) is 47.1 cm³/mol. The molecule has 13 heavy (non-hydrogen) atoms. The van der Waals surface area contributed by atoms with E-state index in [1.807, 2.05) is 0 Å². The Bertz CT molecular complexity index is 445. The van der Waals surface area contributed by atoms with Crippen molar-refractivity contribution in [1.82, 2.24) is 0 Å². The molecule has 0 aliphatic carbocycles. The van der Waals surface area contributed by atoms with Crippen LogP contribution >= 0.6 is 15.9 Å². The van der Waals surface area contributed by atoms with Crippen LogP contribution in [-0.2, 0) is 10.0 Å². The third kappa shape index (κ3) is 2.17. The summed E-state index contributed by atoms with van der Waals surface area (Å²) < 4.78 is 34.2. The fraction of sp³-hybridized carbons (Fsp3) is 0. The molecule has 0 spiro atoms.